The summed E-state index contributed by atoms with van der Waals surface area (Å²) in [6.07, 6.45) is 3.56. The van der Waals surface area contributed by atoms with Crippen molar-refractivity contribution in [2.75, 3.05) is 0 Å². The second-order valence-electron chi connectivity index (χ2n) is 6.29. The topological polar surface area (TPSA) is 47.0 Å². The zero-order chi connectivity index (χ0) is 17.4. The number of ketones is 2. The van der Waals surface area contributed by atoms with Gasteiger partial charge in [-0.2, -0.15) is 0 Å². The minimum atomic E-state index is -0.681. The van der Waals surface area contributed by atoms with Crippen molar-refractivity contribution in [3.05, 3.63) is 68.5 Å². The number of Topliss-reactive ketones (excluding diaryl/α,β-unsaturated/α-hetero) is 2. The van der Waals surface area contributed by atoms with Gasteiger partial charge in [-0.05, 0) is 71.6 Å². The number of aromatic nitrogens is 1. The summed E-state index contributed by atoms with van der Waals surface area (Å²) in [5.41, 5.74) is 5.20. The van der Waals surface area contributed by atoms with Gasteiger partial charge in [-0.25, -0.2) is 0 Å². The first-order valence-electron chi connectivity index (χ1n) is 7.84. The van der Waals surface area contributed by atoms with Gasteiger partial charge in [0.25, 0.3) is 0 Å². The maximum absolute atomic E-state index is 12.9. The van der Waals surface area contributed by atoms with Crippen molar-refractivity contribution in [2.24, 2.45) is 0 Å². The molecule has 0 amide bonds. The van der Waals surface area contributed by atoms with Gasteiger partial charge in [0.2, 0.25) is 0 Å². The Kier molecular flexibility index (Phi) is 4.50. The molecule has 0 spiro atoms. The lowest BCUT2D eigenvalue weighted by molar-refractivity contribution is -0.123. The van der Waals surface area contributed by atoms with E-state index in [1.165, 1.54) is 0 Å². The van der Waals surface area contributed by atoms with E-state index < -0.39 is 5.92 Å². The molecule has 1 fully saturated rings. The van der Waals surface area contributed by atoms with Gasteiger partial charge in [-0.3, -0.25) is 14.6 Å². The molecule has 1 aromatic carbocycles. The minimum absolute atomic E-state index is 0.0339. The van der Waals surface area contributed by atoms with Crippen LogP contribution in [0.3, 0.4) is 0 Å². The van der Waals surface area contributed by atoms with E-state index in [0.29, 0.717) is 11.3 Å². The number of benzene rings is 1. The third-order valence-corrected chi connectivity index (χ3v) is 5.06. The molecule has 1 heterocycles. The van der Waals surface area contributed by atoms with Crippen LogP contribution in [-0.4, -0.2) is 16.6 Å². The second-order valence-corrected chi connectivity index (χ2v) is 7.15. The van der Waals surface area contributed by atoms with Gasteiger partial charge in [0.1, 0.15) is 5.92 Å². The highest BCUT2D eigenvalue weighted by Gasteiger charge is 2.39. The summed E-state index contributed by atoms with van der Waals surface area (Å²) < 4.78 is 0.809. The van der Waals surface area contributed by atoms with E-state index in [-0.39, 0.29) is 18.0 Å². The minimum Gasteiger partial charge on any atom is -0.298 e. The summed E-state index contributed by atoms with van der Waals surface area (Å²) in [7, 11) is 0. The molecule has 1 aromatic heterocycles. The monoisotopic (exact) mass is 383 g/mol. The maximum Gasteiger partial charge on any atom is 0.174 e. The number of carbonyl (C=O) groups excluding carboxylic acids is 2. The number of halogens is 1. The number of pyridine rings is 1. The molecule has 1 unspecified atom stereocenters. The summed E-state index contributed by atoms with van der Waals surface area (Å²) >= 11 is 3.43. The Balaban J connectivity index is 2.04. The molecule has 0 saturated heterocycles. The van der Waals surface area contributed by atoms with Gasteiger partial charge in [0, 0.05) is 22.7 Å². The van der Waals surface area contributed by atoms with Crippen LogP contribution in [0.1, 0.15) is 40.3 Å². The summed E-state index contributed by atoms with van der Waals surface area (Å²) in [5, 5.41) is 0. The van der Waals surface area contributed by atoms with Crippen molar-refractivity contribution >= 4 is 33.6 Å². The molecule has 1 aliphatic rings. The molecular formula is C20H18BrNO2. The van der Waals surface area contributed by atoms with Crippen LogP contribution in [0, 0.1) is 20.8 Å². The molecule has 1 saturated carbocycles. The molecule has 0 N–H and O–H groups in total. The summed E-state index contributed by atoms with van der Waals surface area (Å²) in [6, 6.07) is 7.74. The van der Waals surface area contributed by atoms with E-state index in [2.05, 4.69) is 20.9 Å². The highest BCUT2D eigenvalue weighted by atomic mass is 79.9. The van der Waals surface area contributed by atoms with Crippen molar-refractivity contribution in [1.29, 1.82) is 0 Å². The van der Waals surface area contributed by atoms with Crippen LogP contribution in [0.15, 0.2) is 40.5 Å². The molecule has 1 aliphatic carbocycles. The molecule has 0 aliphatic heterocycles. The average Bonchev–Trinajstić information content (AvgIpc) is 2.76. The lowest BCUT2D eigenvalue weighted by Crippen LogP contribution is -2.15. The lowest BCUT2D eigenvalue weighted by atomic mass is 9.87. The van der Waals surface area contributed by atoms with E-state index >= 15 is 0 Å². The van der Waals surface area contributed by atoms with E-state index in [1.54, 1.807) is 12.3 Å². The van der Waals surface area contributed by atoms with E-state index in [9.17, 15) is 9.59 Å². The van der Waals surface area contributed by atoms with Crippen LogP contribution >= 0.6 is 15.9 Å². The Morgan fingerprint density at radius 3 is 2.46 bits per heavy atom. The van der Waals surface area contributed by atoms with Crippen LogP contribution in [-0.2, 0) is 9.59 Å². The lowest BCUT2D eigenvalue weighted by Gasteiger charge is -2.15. The molecule has 3 rings (SSSR count). The van der Waals surface area contributed by atoms with E-state index in [4.69, 9.17) is 0 Å². The maximum atomic E-state index is 12.9. The number of aryl methyl sites for hydroxylation is 3. The third-order valence-electron chi connectivity index (χ3n) is 4.39. The Bertz CT molecular complexity index is 860. The van der Waals surface area contributed by atoms with Crippen molar-refractivity contribution < 1.29 is 9.59 Å². The molecule has 0 bridgehead atoms. The standard InChI is InChI=1S/C20H18BrNO2/c1-11-7-12(2)18(13(3)8-11)19-17(23)10-14(20(19)24)9-16-15(21)5-4-6-22-16/h4-9,19H,10H2,1-3H3/b14-9+. The Labute approximate surface area is 149 Å². The van der Waals surface area contributed by atoms with E-state index in [0.717, 1.165) is 26.7 Å². The zero-order valence-corrected chi connectivity index (χ0v) is 15.5. The summed E-state index contributed by atoms with van der Waals surface area (Å²) in [5.74, 6) is -0.819. The number of hydrogen-bond acceptors (Lipinski definition) is 3. The first kappa shape index (κ1) is 16.8. The summed E-state index contributed by atoms with van der Waals surface area (Å²) in [6.45, 7) is 5.95. The van der Waals surface area contributed by atoms with Crippen molar-refractivity contribution in [3.8, 4) is 0 Å². The summed E-state index contributed by atoms with van der Waals surface area (Å²) in [4.78, 5) is 29.7. The molecule has 122 valence electrons. The molecule has 4 heteroatoms. The molecular weight excluding hydrogens is 366 g/mol. The van der Waals surface area contributed by atoms with Crippen molar-refractivity contribution in [1.82, 2.24) is 4.98 Å². The Morgan fingerprint density at radius 1 is 1.17 bits per heavy atom. The largest absolute Gasteiger partial charge is 0.298 e. The second kappa shape index (κ2) is 6.44. The highest BCUT2D eigenvalue weighted by Crippen LogP contribution is 2.36. The number of carbonyl (C=O) groups is 2. The zero-order valence-electron chi connectivity index (χ0n) is 13.9. The van der Waals surface area contributed by atoms with Gasteiger partial charge >= 0.3 is 0 Å². The van der Waals surface area contributed by atoms with Gasteiger partial charge in [-0.1, -0.05) is 17.7 Å². The van der Waals surface area contributed by atoms with Crippen molar-refractivity contribution in [3.63, 3.8) is 0 Å². The number of nitrogens with zero attached hydrogens (tertiary/aromatic N) is 1. The fourth-order valence-corrected chi connectivity index (χ4v) is 3.81. The van der Waals surface area contributed by atoms with Gasteiger partial charge in [0.05, 0.1) is 5.69 Å². The molecule has 24 heavy (non-hydrogen) atoms. The van der Waals surface area contributed by atoms with Crippen LogP contribution in [0.2, 0.25) is 0 Å². The fourth-order valence-electron chi connectivity index (χ4n) is 3.44. The predicted molar refractivity (Wildman–Crippen MR) is 97.9 cm³/mol. The predicted octanol–water partition coefficient (Wildman–Crippen LogP) is 4.48. The van der Waals surface area contributed by atoms with Crippen LogP contribution in [0.25, 0.3) is 6.08 Å². The van der Waals surface area contributed by atoms with Gasteiger partial charge in [-0.15, -0.1) is 0 Å². The smallest absolute Gasteiger partial charge is 0.174 e. The van der Waals surface area contributed by atoms with E-state index in [1.807, 2.05) is 45.0 Å². The first-order chi connectivity index (χ1) is 11.4. The average molecular weight is 384 g/mol. The molecule has 0 radical (unpaired) electrons. The van der Waals surface area contributed by atoms with Gasteiger partial charge in [0.15, 0.2) is 11.6 Å². The number of hydrogen-bond donors (Lipinski definition) is 0. The van der Waals surface area contributed by atoms with Crippen LogP contribution in [0.4, 0.5) is 0 Å². The number of rotatable bonds is 2. The fraction of sp³-hybridized carbons (Fsp3) is 0.250. The normalized spacial score (nSPS) is 19.3. The first-order valence-corrected chi connectivity index (χ1v) is 8.63. The Morgan fingerprint density at radius 2 is 1.83 bits per heavy atom. The van der Waals surface area contributed by atoms with Gasteiger partial charge < -0.3 is 0 Å². The molecule has 3 nitrogen and oxygen atoms in total. The van der Waals surface area contributed by atoms with Crippen LogP contribution in [0.5, 0.6) is 0 Å². The van der Waals surface area contributed by atoms with Crippen molar-refractivity contribution in [2.45, 2.75) is 33.1 Å². The Hall–Kier alpha value is -2.07. The quantitative estimate of drug-likeness (QED) is 0.567. The number of allylic oxidation sites excluding steroid dienone is 1. The molecule has 2 aromatic rings. The van der Waals surface area contributed by atoms with Crippen LogP contribution < -0.4 is 0 Å². The molecule has 1 atom stereocenters. The SMILES string of the molecule is Cc1cc(C)c(C2C(=O)C/C(=C\c3ncccc3Br)C2=O)c(C)c1. The third kappa shape index (κ3) is 2.98. The highest BCUT2D eigenvalue weighted by molar-refractivity contribution is 9.10.